The lowest BCUT2D eigenvalue weighted by molar-refractivity contribution is -0.137. The van der Waals surface area contributed by atoms with E-state index in [1.165, 1.54) is 17.7 Å². The van der Waals surface area contributed by atoms with Crippen molar-refractivity contribution in [2.75, 3.05) is 31.1 Å². The summed E-state index contributed by atoms with van der Waals surface area (Å²) in [7, 11) is 0. The molecule has 0 N–H and O–H groups in total. The van der Waals surface area contributed by atoms with Crippen molar-refractivity contribution < 1.29 is 13.2 Å². The number of piperazine rings is 1. The number of anilines is 1. The first-order valence-electron chi connectivity index (χ1n) is 9.64. The summed E-state index contributed by atoms with van der Waals surface area (Å²) in [5, 5.41) is 0. The lowest BCUT2D eigenvalue weighted by Crippen LogP contribution is -2.46. The first-order valence-corrected chi connectivity index (χ1v) is 9.64. The Morgan fingerprint density at radius 3 is 2.38 bits per heavy atom. The standard InChI is InChI=1S/C22H23F3N4/c1-17-5-7-20(8-6-17)29-10-9-26-21(29)28-13-11-27(12-14-28)16-18-3-2-4-19(15-18)22(23,24)25/h2-10,15H,11-14,16H2,1H3. The maximum Gasteiger partial charge on any atom is 0.416 e. The van der Waals surface area contributed by atoms with E-state index >= 15 is 0 Å². The molecule has 0 atom stereocenters. The molecule has 0 saturated carbocycles. The summed E-state index contributed by atoms with van der Waals surface area (Å²) in [4.78, 5) is 8.94. The van der Waals surface area contributed by atoms with Crippen molar-refractivity contribution in [3.63, 3.8) is 0 Å². The molecule has 0 spiro atoms. The zero-order valence-corrected chi connectivity index (χ0v) is 16.2. The smallest absolute Gasteiger partial charge is 0.339 e. The van der Waals surface area contributed by atoms with Gasteiger partial charge < -0.3 is 4.90 Å². The molecular formula is C22H23F3N4. The van der Waals surface area contributed by atoms with Crippen molar-refractivity contribution in [2.45, 2.75) is 19.6 Å². The van der Waals surface area contributed by atoms with Gasteiger partial charge in [-0.05, 0) is 30.7 Å². The Balaban J connectivity index is 1.41. The zero-order valence-electron chi connectivity index (χ0n) is 16.2. The van der Waals surface area contributed by atoms with Gasteiger partial charge >= 0.3 is 6.18 Å². The van der Waals surface area contributed by atoms with Crippen molar-refractivity contribution in [3.8, 4) is 5.69 Å². The van der Waals surface area contributed by atoms with Gasteiger partial charge in [-0.2, -0.15) is 13.2 Å². The molecule has 2 aromatic carbocycles. The van der Waals surface area contributed by atoms with Crippen molar-refractivity contribution >= 4 is 5.95 Å². The summed E-state index contributed by atoms with van der Waals surface area (Å²) >= 11 is 0. The van der Waals surface area contributed by atoms with E-state index in [0.29, 0.717) is 12.1 Å². The lowest BCUT2D eigenvalue weighted by Gasteiger charge is -2.35. The Morgan fingerprint density at radius 2 is 1.69 bits per heavy atom. The average molecular weight is 400 g/mol. The fourth-order valence-corrected chi connectivity index (χ4v) is 3.65. The summed E-state index contributed by atoms with van der Waals surface area (Å²) in [6.07, 6.45) is -0.555. The Hall–Kier alpha value is -2.80. The molecule has 1 aromatic heterocycles. The number of imidazole rings is 1. The van der Waals surface area contributed by atoms with Crippen LogP contribution in [0.15, 0.2) is 60.9 Å². The van der Waals surface area contributed by atoms with Crippen molar-refractivity contribution in [1.29, 1.82) is 0 Å². The highest BCUT2D eigenvalue weighted by Crippen LogP contribution is 2.30. The van der Waals surface area contributed by atoms with E-state index < -0.39 is 11.7 Å². The SMILES string of the molecule is Cc1ccc(-n2ccnc2N2CCN(Cc3cccc(C(F)(F)F)c3)CC2)cc1. The normalized spacial score (nSPS) is 15.7. The van der Waals surface area contributed by atoms with E-state index in [-0.39, 0.29) is 0 Å². The van der Waals surface area contributed by atoms with Crippen LogP contribution in [0.3, 0.4) is 0 Å². The molecule has 0 amide bonds. The number of halogens is 3. The molecule has 4 nitrogen and oxygen atoms in total. The van der Waals surface area contributed by atoms with E-state index in [2.05, 4.69) is 50.5 Å². The minimum atomic E-state index is -4.30. The molecule has 0 bridgehead atoms. The van der Waals surface area contributed by atoms with Crippen LogP contribution < -0.4 is 4.90 Å². The summed E-state index contributed by atoms with van der Waals surface area (Å²) in [6.45, 7) is 5.68. The Bertz CT molecular complexity index is 955. The largest absolute Gasteiger partial charge is 0.416 e. The Kier molecular flexibility index (Phi) is 5.32. The molecule has 7 heteroatoms. The maximum absolute atomic E-state index is 12.9. The van der Waals surface area contributed by atoms with E-state index in [9.17, 15) is 13.2 Å². The van der Waals surface area contributed by atoms with Crippen LogP contribution in [0.1, 0.15) is 16.7 Å². The molecule has 0 aliphatic carbocycles. The number of hydrogen-bond acceptors (Lipinski definition) is 3. The molecule has 1 aliphatic rings. The summed E-state index contributed by atoms with van der Waals surface area (Å²) < 4.78 is 40.8. The van der Waals surface area contributed by atoms with E-state index in [1.807, 2.05) is 6.20 Å². The third-order valence-corrected chi connectivity index (χ3v) is 5.25. The maximum atomic E-state index is 12.9. The Morgan fingerprint density at radius 1 is 0.966 bits per heavy atom. The Labute approximate surface area is 168 Å². The second kappa shape index (κ2) is 7.91. The lowest BCUT2D eigenvalue weighted by atomic mass is 10.1. The second-order valence-corrected chi connectivity index (χ2v) is 7.39. The quantitative estimate of drug-likeness (QED) is 0.644. The van der Waals surface area contributed by atoms with Crippen LogP contribution in [0.4, 0.5) is 19.1 Å². The number of alkyl halides is 3. The van der Waals surface area contributed by atoms with Crippen LogP contribution in [0.2, 0.25) is 0 Å². The summed E-state index contributed by atoms with van der Waals surface area (Å²) in [5.74, 6) is 0.896. The molecular weight excluding hydrogens is 377 g/mol. The highest BCUT2D eigenvalue weighted by molar-refractivity contribution is 5.44. The van der Waals surface area contributed by atoms with Crippen LogP contribution >= 0.6 is 0 Å². The van der Waals surface area contributed by atoms with Gasteiger partial charge in [0.15, 0.2) is 0 Å². The van der Waals surface area contributed by atoms with Gasteiger partial charge in [-0.15, -0.1) is 0 Å². The molecule has 0 unspecified atom stereocenters. The predicted molar refractivity (Wildman–Crippen MR) is 107 cm³/mol. The van der Waals surface area contributed by atoms with E-state index in [0.717, 1.165) is 43.9 Å². The number of aromatic nitrogens is 2. The van der Waals surface area contributed by atoms with E-state index in [4.69, 9.17) is 0 Å². The van der Waals surface area contributed by atoms with Gasteiger partial charge in [-0.1, -0.05) is 35.9 Å². The topological polar surface area (TPSA) is 24.3 Å². The van der Waals surface area contributed by atoms with Gasteiger partial charge in [0.25, 0.3) is 0 Å². The first-order chi connectivity index (χ1) is 13.9. The molecule has 152 valence electrons. The summed E-state index contributed by atoms with van der Waals surface area (Å²) in [5.41, 5.74) is 2.37. The van der Waals surface area contributed by atoms with Gasteiger partial charge in [0.2, 0.25) is 5.95 Å². The zero-order chi connectivity index (χ0) is 20.4. The van der Waals surface area contributed by atoms with Crippen molar-refractivity contribution in [2.24, 2.45) is 0 Å². The minimum absolute atomic E-state index is 0.518. The number of benzene rings is 2. The number of aryl methyl sites for hydroxylation is 1. The van der Waals surface area contributed by atoms with Gasteiger partial charge in [0.05, 0.1) is 5.56 Å². The van der Waals surface area contributed by atoms with Crippen LogP contribution in [0, 0.1) is 6.92 Å². The van der Waals surface area contributed by atoms with Gasteiger partial charge in [-0.3, -0.25) is 9.47 Å². The fourth-order valence-electron chi connectivity index (χ4n) is 3.65. The predicted octanol–water partition coefficient (Wildman–Crippen LogP) is 4.52. The van der Waals surface area contributed by atoms with Crippen molar-refractivity contribution in [3.05, 3.63) is 77.6 Å². The molecule has 2 heterocycles. The molecule has 0 radical (unpaired) electrons. The molecule has 4 rings (SSSR count). The highest BCUT2D eigenvalue weighted by atomic mass is 19.4. The van der Waals surface area contributed by atoms with Crippen LogP contribution in [0.5, 0.6) is 0 Å². The number of hydrogen-bond donors (Lipinski definition) is 0. The first kappa shape index (κ1) is 19.5. The van der Waals surface area contributed by atoms with E-state index in [1.54, 1.807) is 12.3 Å². The summed E-state index contributed by atoms with van der Waals surface area (Å²) in [6, 6.07) is 13.9. The van der Waals surface area contributed by atoms with Gasteiger partial charge in [0.1, 0.15) is 0 Å². The molecule has 1 fully saturated rings. The average Bonchev–Trinajstić information content (AvgIpc) is 3.18. The van der Waals surface area contributed by atoms with Gasteiger partial charge in [0, 0.05) is 50.8 Å². The molecule has 1 aliphatic heterocycles. The minimum Gasteiger partial charge on any atom is -0.339 e. The second-order valence-electron chi connectivity index (χ2n) is 7.39. The number of rotatable bonds is 4. The number of nitrogens with zero attached hydrogens (tertiary/aromatic N) is 4. The highest BCUT2D eigenvalue weighted by Gasteiger charge is 2.30. The third kappa shape index (κ3) is 4.45. The van der Waals surface area contributed by atoms with Crippen LogP contribution in [-0.2, 0) is 12.7 Å². The van der Waals surface area contributed by atoms with Crippen molar-refractivity contribution in [1.82, 2.24) is 14.5 Å². The van der Waals surface area contributed by atoms with Crippen LogP contribution in [0.25, 0.3) is 5.69 Å². The van der Waals surface area contributed by atoms with Gasteiger partial charge in [-0.25, -0.2) is 4.98 Å². The molecule has 1 saturated heterocycles. The molecule has 3 aromatic rings. The molecule has 29 heavy (non-hydrogen) atoms. The third-order valence-electron chi connectivity index (χ3n) is 5.25. The fraction of sp³-hybridized carbons (Fsp3) is 0.318. The van der Waals surface area contributed by atoms with Crippen LogP contribution in [-0.4, -0.2) is 40.6 Å². The monoisotopic (exact) mass is 400 g/mol.